The first-order chi connectivity index (χ1) is 8.38. The Morgan fingerprint density at radius 3 is 2.22 bits per heavy atom. The summed E-state index contributed by atoms with van der Waals surface area (Å²) in [7, 11) is 0. The molecule has 0 aromatic heterocycles. The summed E-state index contributed by atoms with van der Waals surface area (Å²) < 4.78 is 0. The maximum atomic E-state index is 12.2. The van der Waals surface area contributed by atoms with Crippen LogP contribution >= 0.6 is 11.6 Å². The number of halogens is 1. The monoisotopic (exact) mass is 269 g/mol. The lowest BCUT2D eigenvalue weighted by molar-refractivity contribution is -0.836. The second-order valence-corrected chi connectivity index (χ2v) is 8.60. The zero-order valence-electron chi connectivity index (χ0n) is 11.2. The molecule has 4 aliphatic carbocycles. The molecule has 5 aliphatic rings. The van der Waals surface area contributed by atoms with E-state index in [4.69, 9.17) is 11.6 Å². The highest BCUT2D eigenvalue weighted by Crippen LogP contribution is 2.60. The predicted octanol–water partition coefficient (Wildman–Crippen LogP) is 2.96. The molecular formula is C14H22ClN2O+. The molecule has 18 heavy (non-hydrogen) atoms. The van der Waals surface area contributed by atoms with Gasteiger partial charge in [-0.25, -0.2) is 0 Å². The number of hydrogen-bond donors (Lipinski definition) is 0. The molecule has 5 fully saturated rings. The maximum Gasteiger partial charge on any atom is 0.260 e. The molecule has 0 aromatic rings. The molecular weight excluding hydrogens is 248 g/mol. The summed E-state index contributed by atoms with van der Waals surface area (Å²) in [6.07, 6.45) is 6.11. The van der Waals surface area contributed by atoms with Crippen LogP contribution in [0.2, 0.25) is 0 Å². The largest absolute Gasteiger partial charge is 0.260 e. The van der Waals surface area contributed by atoms with E-state index in [1.54, 1.807) is 0 Å². The number of nitrogens with zero attached hydrogens (tertiary/aromatic N) is 2. The Hall–Kier alpha value is -0.310. The van der Waals surface area contributed by atoms with Crippen molar-refractivity contribution >= 4 is 11.6 Å². The van der Waals surface area contributed by atoms with Gasteiger partial charge in [0.1, 0.15) is 11.4 Å². The fourth-order valence-electron chi connectivity index (χ4n) is 5.40. The lowest BCUT2D eigenvalue weighted by Gasteiger charge is -2.59. The van der Waals surface area contributed by atoms with E-state index >= 15 is 0 Å². The first kappa shape index (κ1) is 11.5. The Morgan fingerprint density at radius 2 is 1.78 bits per heavy atom. The highest BCUT2D eigenvalue weighted by atomic mass is 35.5. The molecule has 4 heteroatoms. The average molecular weight is 270 g/mol. The number of nitroso groups, excluding NO2 is 1. The molecule has 0 aromatic carbocycles. The van der Waals surface area contributed by atoms with Crippen LogP contribution in [0, 0.1) is 22.7 Å². The molecule has 1 aliphatic heterocycles. The fourth-order valence-corrected chi connectivity index (χ4v) is 6.02. The smallest absolute Gasteiger partial charge is 0.129 e. The van der Waals surface area contributed by atoms with Crippen molar-refractivity contribution in [2.75, 3.05) is 6.54 Å². The van der Waals surface area contributed by atoms with E-state index < -0.39 is 0 Å². The zero-order chi connectivity index (χ0) is 12.7. The molecule has 4 bridgehead atoms. The Kier molecular flexibility index (Phi) is 2.06. The van der Waals surface area contributed by atoms with Gasteiger partial charge in [0.2, 0.25) is 0 Å². The van der Waals surface area contributed by atoms with E-state index in [1.807, 2.05) is 13.8 Å². The van der Waals surface area contributed by atoms with E-state index in [9.17, 15) is 4.91 Å². The molecule has 5 rings (SSSR count). The van der Waals surface area contributed by atoms with Gasteiger partial charge in [-0.2, -0.15) is 0 Å². The third kappa shape index (κ3) is 1.37. The van der Waals surface area contributed by atoms with Crippen LogP contribution in [-0.4, -0.2) is 32.9 Å². The summed E-state index contributed by atoms with van der Waals surface area (Å²) in [5.41, 5.74) is -0.187. The lowest BCUT2D eigenvalue weighted by Crippen LogP contribution is -2.72. The summed E-state index contributed by atoms with van der Waals surface area (Å²) in [5.74, 6) is 2.17. The molecule has 4 saturated carbocycles. The third-order valence-corrected chi connectivity index (χ3v) is 6.26. The number of alkyl halides is 1. The highest BCUT2D eigenvalue weighted by Gasteiger charge is 2.64. The van der Waals surface area contributed by atoms with Gasteiger partial charge in [0.05, 0.1) is 10.9 Å². The minimum Gasteiger partial charge on any atom is -0.129 e. The van der Waals surface area contributed by atoms with Crippen molar-refractivity contribution in [3.05, 3.63) is 4.91 Å². The number of hydrogen-bond acceptors (Lipinski definition) is 1. The second-order valence-electron chi connectivity index (χ2n) is 7.79. The van der Waals surface area contributed by atoms with Crippen molar-refractivity contribution in [2.24, 2.45) is 17.8 Å². The highest BCUT2D eigenvalue weighted by molar-refractivity contribution is 6.24. The Morgan fingerprint density at radius 1 is 1.17 bits per heavy atom. The molecule has 0 unspecified atom stereocenters. The van der Waals surface area contributed by atoms with Gasteiger partial charge in [-0.15, -0.1) is 16.6 Å². The van der Waals surface area contributed by atoms with E-state index in [2.05, 4.69) is 5.01 Å². The quantitative estimate of drug-likeness (QED) is 0.540. The van der Waals surface area contributed by atoms with Crippen LogP contribution in [0.5, 0.6) is 0 Å². The summed E-state index contributed by atoms with van der Waals surface area (Å²) in [6, 6.07) is 0.485. The molecule has 0 N–H and O–H groups in total. The van der Waals surface area contributed by atoms with Gasteiger partial charge in [-0.05, 0) is 49.9 Å². The second kappa shape index (κ2) is 3.23. The van der Waals surface area contributed by atoms with Crippen LogP contribution in [0.25, 0.3) is 0 Å². The summed E-state index contributed by atoms with van der Waals surface area (Å²) in [4.78, 5) is 13.5. The molecule has 1 heterocycles. The third-order valence-electron chi connectivity index (χ3n) is 5.79. The van der Waals surface area contributed by atoms with Crippen molar-refractivity contribution in [3.63, 3.8) is 0 Å². The zero-order valence-corrected chi connectivity index (χ0v) is 12.0. The van der Waals surface area contributed by atoms with Gasteiger partial charge in [-0.3, -0.25) is 0 Å². The molecule has 0 radical (unpaired) electrons. The molecule has 2 atom stereocenters. The molecule has 0 amide bonds. The van der Waals surface area contributed by atoms with Crippen LogP contribution in [-0.2, 0) is 0 Å². The van der Waals surface area contributed by atoms with Crippen LogP contribution in [0.4, 0.5) is 0 Å². The molecule has 100 valence electrons. The minimum absolute atomic E-state index is 0.0844. The van der Waals surface area contributed by atoms with Gasteiger partial charge in [0, 0.05) is 18.7 Å². The Balaban J connectivity index is 1.60. The van der Waals surface area contributed by atoms with E-state index in [0.29, 0.717) is 17.9 Å². The summed E-state index contributed by atoms with van der Waals surface area (Å²) in [5, 5.41) is 2.10. The lowest BCUT2D eigenvalue weighted by atomic mass is 9.53. The minimum atomic E-state index is -0.187. The topological polar surface area (TPSA) is 23.3 Å². The molecule has 3 nitrogen and oxygen atoms in total. The van der Waals surface area contributed by atoms with Crippen molar-refractivity contribution in [1.29, 1.82) is 0 Å². The van der Waals surface area contributed by atoms with Gasteiger partial charge in [-0.1, -0.05) is 0 Å². The Labute approximate surface area is 113 Å². The summed E-state index contributed by atoms with van der Waals surface area (Å²) >= 11 is 6.74. The number of rotatable bonds is 1. The van der Waals surface area contributed by atoms with Crippen molar-refractivity contribution < 1.29 is 4.87 Å². The standard InChI is InChI=1S/C14H22ClN2O/c1-13(2)8-16(17(13)18)12-10-3-9-4-11(12)7-14(15,5-9)6-10/h9-12H,3-8H2,1-2H3/q+1/t9?,10-,11-,12?,14?/m0/s1. The van der Waals surface area contributed by atoms with Gasteiger partial charge >= 0.3 is 0 Å². The van der Waals surface area contributed by atoms with Crippen LogP contribution < -0.4 is 0 Å². The van der Waals surface area contributed by atoms with E-state index in [-0.39, 0.29) is 10.4 Å². The van der Waals surface area contributed by atoms with Crippen LogP contribution in [0.3, 0.4) is 0 Å². The first-order valence-electron chi connectivity index (χ1n) is 7.31. The average Bonchev–Trinajstić information content (AvgIpc) is 2.24. The van der Waals surface area contributed by atoms with Crippen molar-refractivity contribution in [1.82, 2.24) is 5.01 Å². The maximum absolute atomic E-state index is 12.2. The van der Waals surface area contributed by atoms with Gasteiger partial charge < -0.3 is 0 Å². The van der Waals surface area contributed by atoms with Gasteiger partial charge in [0.25, 0.3) is 5.54 Å². The first-order valence-corrected chi connectivity index (χ1v) is 7.69. The van der Waals surface area contributed by atoms with Crippen LogP contribution in [0.15, 0.2) is 0 Å². The van der Waals surface area contributed by atoms with Crippen molar-refractivity contribution in [2.45, 2.75) is 62.4 Å². The van der Waals surface area contributed by atoms with Gasteiger partial charge in [0.15, 0.2) is 0 Å². The summed E-state index contributed by atoms with van der Waals surface area (Å²) in [6.45, 7) is 5.00. The molecule has 1 saturated heterocycles. The fraction of sp³-hybridized carbons (Fsp3) is 1.00. The van der Waals surface area contributed by atoms with E-state index in [1.165, 1.54) is 24.1 Å². The SMILES string of the molecule is CC1(C)CN(C2[C@H]3CC4C[C@H]2CC(Cl)(C4)C3)[N+]1=O. The van der Waals surface area contributed by atoms with Crippen molar-refractivity contribution in [3.8, 4) is 0 Å². The molecule has 0 spiro atoms. The number of hydrazine groups is 1. The predicted molar refractivity (Wildman–Crippen MR) is 70.3 cm³/mol. The van der Waals surface area contributed by atoms with E-state index in [0.717, 1.165) is 25.3 Å². The van der Waals surface area contributed by atoms with Crippen LogP contribution in [0.1, 0.15) is 46.0 Å². The normalized spacial score (nSPS) is 52.6. The Bertz CT molecular complexity index is 406.